The molecule has 5 N–H and O–H groups in total. The summed E-state index contributed by atoms with van der Waals surface area (Å²) in [7, 11) is 1.95. The fraction of sp³-hybridized carbons (Fsp3) is 0.429. The van der Waals surface area contributed by atoms with E-state index in [2.05, 4.69) is 59.9 Å². The van der Waals surface area contributed by atoms with E-state index in [9.17, 15) is 0 Å². The van der Waals surface area contributed by atoms with Crippen LogP contribution in [-0.2, 0) is 6.42 Å². The molecule has 0 aliphatic carbocycles. The molecule has 4 nitrogen and oxygen atoms in total. The largest absolute Gasteiger partial charge is 0.399 e. The maximum Gasteiger partial charge on any atom is 0.0368 e. The van der Waals surface area contributed by atoms with Crippen LogP contribution in [0.25, 0.3) is 0 Å². The van der Waals surface area contributed by atoms with Crippen LogP contribution in [0.15, 0.2) is 53.4 Å². The van der Waals surface area contributed by atoms with Crippen molar-refractivity contribution in [2.24, 2.45) is 11.7 Å². The monoisotopic (exact) mass is 372 g/mol. The van der Waals surface area contributed by atoms with Gasteiger partial charge in [-0.1, -0.05) is 26.0 Å². The number of nitrogen functional groups attached to an aromatic ring is 1. The second-order valence-corrected chi connectivity index (χ2v) is 8.15. The Balaban J connectivity index is 2.14. The molecule has 2 aromatic carbocycles. The molecular formula is C21H32N4S. The van der Waals surface area contributed by atoms with Crippen molar-refractivity contribution < 1.29 is 0 Å². The van der Waals surface area contributed by atoms with Crippen LogP contribution >= 0.6 is 11.9 Å². The van der Waals surface area contributed by atoms with Gasteiger partial charge >= 0.3 is 0 Å². The zero-order chi connectivity index (χ0) is 18.9. The summed E-state index contributed by atoms with van der Waals surface area (Å²) in [6.07, 6.45) is 2.08. The summed E-state index contributed by atoms with van der Waals surface area (Å²) >= 11 is 1.78. The molecule has 0 spiro atoms. The van der Waals surface area contributed by atoms with Gasteiger partial charge in [0.2, 0.25) is 0 Å². The molecule has 0 saturated heterocycles. The lowest BCUT2D eigenvalue weighted by atomic mass is 10.0. The van der Waals surface area contributed by atoms with E-state index in [-0.39, 0.29) is 6.04 Å². The van der Waals surface area contributed by atoms with Crippen LogP contribution in [0.2, 0.25) is 0 Å². The van der Waals surface area contributed by atoms with E-state index < -0.39 is 0 Å². The number of anilines is 2. The van der Waals surface area contributed by atoms with E-state index in [1.165, 1.54) is 10.5 Å². The molecule has 2 aromatic rings. The van der Waals surface area contributed by atoms with Gasteiger partial charge in [0.25, 0.3) is 0 Å². The predicted molar refractivity (Wildman–Crippen MR) is 115 cm³/mol. The molecule has 26 heavy (non-hydrogen) atoms. The number of hydrogen-bond acceptors (Lipinski definition) is 5. The second kappa shape index (κ2) is 10.5. The van der Waals surface area contributed by atoms with Crippen LogP contribution < -0.4 is 16.8 Å². The average Bonchev–Trinajstić information content (AvgIpc) is 2.65. The van der Waals surface area contributed by atoms with E-state index in [1.54, 1.807) is 11.9 Å². The normalized spacial score (nSPS) is 12.5. The first-order valence-corrected chi connectivity index (χ1v) is 10.1. The third-order valence-corrected chi connectivity index (χ3v) is 5.59. The second-order valence-electron chi connectivity index (χ2n) is 7.03. The van der Waals surface area contributed by atoms with Gasteiger partial charge in [-0.15, -0.1) is 0 Å². The summed E-state index contributed by atoms with van der Waals surface area (Å²) in [6, 6.07) is 16.9. The third-order valence-electron chi connectivity index (χ3n) is 4.40. The van der Waals surface area contributed by atoms with E-state index in [4.69, 9.17) is 11.5 Å². The number of nitrogens with two attached hydrogens (primary N) is 2. The highest BCUT2D eigenvalue weighted by Crippen LogP contribution is 2.28. The van der Waals surface area contributed by atoms with Crippen molar-refractivity contribution in [3.05, 3.63) is 54.1 Å². The smallest absolute Gasteiger partial charge is 0.0368 e. The van der Waals surface area contributed by atoms with Crippen LogP contribution in [0.5, 0.6) is 0 Å². The molecule has 0 heterocycles. The molecule has 0 bridgehead atoms. The van der Waals surface area contributed by atoms with Gasteiger partial charge in [-0.05, 0) is 72.7 Å². The molecule has 0 aromatic heterocycles. The molecule has 142 valence electrons. The number of nitrogens with zero attached hydrogens (tertiary/aromatic N) is 1. The highest BCUT2D eigenvalue weighted by atomic mass is 32.2. The van der Waals surface area contributed by atoms with Crippen LogP contribution in [0.3, 0.4) is 0 Å². The summed E-state index contributed by atoms with van der Waals surface area (Å²) in [5.41, 5.74) is 15.2. The Hall–Kier alpha value is -1.69. The summed E-state index contributed by atoms with van der Waals surface area (Å²) in [5.74, 6) is 0.663. The Kier molecular flexibility index (Phi) is 8.29. The molecule has 0 fully saturated rings. The highest BCUT2D eigenvalue weighted by Gasteiger charge is 2.19. The van der Waals surface area contributed by atoms with Gasteiger partial charge in [0.1, 0.15) is 0 Å². The van der Waals surface area contributed by atoms with Gasteiger partial charge in [-0.2, -0.15) is 0 Å². The Morgan fingerprint density at radius 3 is 2.46 bits per heavy atom. The maximum atomic E-state index is 6.19. The van der Waals surface area contributed by atoms with Crippen LogP contribution in [-0.4, -0.2) is 30.5 Å². The SMILES string of the molecule is CNc1cccc(CC(CN)N(CCC(C)C)Sc2ccc(N)cc2)c1. The van der Waals surface area contributed by atoms with Gasteiger partial charge in [0, 0.05) is 42.4 Å². The Morgan fingerprint density at radius 2 is 1.85 bits per heavy atom. The molecule has 0 aliphatic heterocycles. The minimum absolute atomic E-state index is 0.281. The fourth-order valence-corrected chi connectivity index (χ4v) is 3.82. The topological polar surface area (TPSA) is 67.3 Å². The number of hydrogen-bond donors (Lipinski definition) is 3. The summed E-state index contributed by atoms with van der Waals surface area (Å²) in [6.45, 7) is 6.17. The third kappa shape index (κ3) is 6.56. The van der Waals surface area contributed by atoms with Crippen LogP contribution in [0.4, 0.5) is 11.4 Å². The van der Waals surface area contributed by atoms with Crippen molar-refractivity contribution in [3.63, 3.8) is 0 Å². The van der Waals surface area contributed by atoms with E-state index >= 15 is 0 Å². The minimum atomic E-state index is 0.281. The lowest BCUT2D eigenvalue weighted by Crippen LogP contribution is -2.38. The van der Waals surface area contributed by atoms with Crippen molar-refractivity contribution in [2.75, 3.05) is 31.2 Å². The number of benzene rings is 2. The van der Waals surface area contributed by atoms with Crippen molar-refractivity contribution in [3.8, 4) is 0 Å². The average molecular weight is 373 g/mol. The molecular weight excluding hydrogens is 340 g/mol. The lowest BCUT2D eigenvalue weighted by molar-refractivity contribution is 0.332. The van der Waals surface area contributed by atoms with Gasteiger partial charge in [-0.25, -0.2) is 4.31 Å². The summed E-state index contributed by atoms with van der Waals surface area (Å²) in [4.78, 5) is 1.20. The minimum Gasteiger partial charge on any atom is -0.399 e. The Labute approximate surface area is 162 Å². The van der Waals surface area contributed by atoms with Gasteiger partial charge in [0.05, 0.1) is 0 Å². The number of rotatable bonds is 10. The molecule has 5 heteroatoms. The van der Waals surface area contributed by atoms with Crippen LogP contribution in [0, 0.1) is 5.92 Å². The number of nitrogens with one attached hydrogen (secondary N) is 1. The molecule has 2 rings (SSSR count). The molecule has 1 atom stereocenters. The van der Waals surface area contributed by atoms with Crippen molar-refractivity contribution in [1.29, 1.82) is 0 Å². The zero-order valence-corrected chi connectivity index (χ0v) is 16.9. The molecule has 0 saturated carbocycles. The summed E-state index contributed by atoms with van der Waals surface area (Å²) < 4.78 is 2.44. The van der Waals surface area contributed by atoms with Crippen LogP contribution in [0.1, 0.15) is 25.8 Å². The lowest BCUT2D eigenvalue weighted by Gasteiger charge is -2.30. The zero-order valence-electron chi connectivity index (χ0n) is 16.1. The predicted octanol–water partition coefficient (Wildman–Crippen LogP) is 4.24. The van der Waals surface area contributed by atoms with Gasteiger partial charge < -0.3 is 16.8 Å². The molecule has 0 amide bonds. The van der Waals surface area contributed by atoms with Crippen molar-refractivity contribution in [1.82, 2.24) is 4.31 Å². The molecule has 0 aliphatic rings. The first-order valence-electron chi connectivity index (χ1n) is 9.28. The standard InChI is InChI=1S/C21H32N4S/c1-16(2)11-12-25(26-21-9-7-18(23)8-10-21)20(15-22)14-17-5-4-6-19(13-17)24-3/h4-10,13,16,20,24H,11-12,14-15,22-23H2,1-3H3. The van der Waals surface area contributed by atoms with Crippen molar-refractivity contribution in [2.45, 2.75) is 37.6 Å². The van der Waals surface area contributed by atoms with Crippen molar-refractivity contribution >= 4 is 23.3 Å². The molecule has 0 radical (unpaired) electrons. The van der Waals surface area contributed by atoms with Gasteiger partial charge in [0.15, 0.2) is 0 Å². The van der Waals surface area contributed by atoms with E-state index in [1.807, 2.05) is 19.2 Å². The van der Waals surface area contributed by atoms with E-state index in [0.717, 1.165) is 30.8 Å². The van der Waals surface area contributed by atoms with E-state index in [0.29, 0.717) is 12.5 Å². The Bertz CT molecular complexity index is 657. The highest BCUT2D eigenvalue weighted by molar-refractivity contribution is 7.97. The first kappa shape index (κ1) is 20.6. The molecule has 1 unspecified atom stereocenters. The Morgan fingerprint density at radius 1 is 1.12 bits per heavy atom. The maximum absolute atomic E-state index is 6.19. The first-order chi connectivity index (χ1) is 12.5. The quantitative estimate of drug-likeness (QED) is 0.430. The van der Waals surface area contributed by atoms with Gasteiger partial charge in [-0.3, -0.25) is 0 Å². The summed E-state index contributed by atoms with van der Waals surface area (Å²) in [5, 5.41) is 3.21. The fourth-order valence-electron chi connectivity index (χ4n) is 2.78.